The molecule has 28 heavy (non-hydrogen) atoms. The molecule has 1 heterocycles. The van der Waals surface area contributed by atoms with Crippen molar-refractivity contribution in [3.8, 4) is 16.9 Å². The summed E-state index contributed by atoms with van der Waals surface area (Å²) in [5.74, 6) is 0.122. The van der Waals surface area contributed by atoms with Gasteiger partial charge in [-0.25, -0.2) is 9.07 Å². The number of nitrogens with one attached hydrogen (secondary N) is 1. The average molecular weight is 378 g/mol. The number of rotatable bonds is 7. The van der Waals surface area contributed by atoms with E-state index in [-0.39, 0.29) is 24.2 Å². The summed E-state index contributed by atoms with van der Waals surface area (Å²) in [7, 11) is 0. The van der Waals surface area contributed by atoms with Crippen LogP contribution in [0.2, 0.25) is 0 Å². The zero-order valence-corrected chi connectivity index (χ0v) is 15.5. The predicted octanol–water partition coefficient (Wildman–Crippen LogP) is 3.07. The molecule has 1 unspecified atom stereocenters. The first-order chi connectivity index (χ1) is 13.6. The number of para-hydroxylation sites is 1. The van der Waals surface area contributed by atoms with Gasteiger partial charge in [0.15, 0.2) is 0 Å². The third-order valence-electron chi connectivity index (χ3n) is 5.07. The molecular formula is C22H23FN4O. The Kier molecular flexibility index (Phi) is 5.21. The quantitative estimate of drug-likeness (QED) is 0.664. The second-order valence-electron chi connectivity index (χ2n) is 7.21. The van der Waals surface area contributed by atoms with Crippen molar-refractivity contribution in [2.24, 2.45) is 11.7 Å². The van der Waals surface area contributed by atoms with Crippen LogP contribution >= 0.6 is 0 Å². The Hall–Kier alpha value is -2.99. The van der Waals surface area contributed by atoms with Gasteiger partial charge in [0, 0.05) is 29.9 Å². The molecule has 1 fully saturated rings. The third kappa shape index (κ3) is 4.12. The molecule has 1 atom stereocenters. The Morgan fingerprint density at radius 3 is 2.54 bits per heavy atom. The van der Waals surface area contributed by atoms with Crippen molar-refractivity contribution in [1.82, 2.24) is 15.1 Å². The van der Waals surface area contributed by atoms with Gasteiger partial charge in [-0.3, -0.25) is 4.79 Å². The zero-order chi connectivity index (χ0) is 19.5. The highest BCUT2D eigenvalue weighted by atomic mass is 19.1. The van der Waals surface area contributed by atoms with Gasteiger partial charge >= 0.3 is 0 Å². The van der Waals surface area contributed by atoms with Gasteiger partial charge in [0.05, 0.1) is 17.8 Å². The molecule has 1 saturated carbocycles. The fraction of sp³-hybridized carbons (Fsp3) is 0.273. The molecule has 0 bridgehead atoms. The maximum atomic E-state index is 13.3. The largest absolute Gasteiger partial charge is 0.352 e. The fourth-order valence-corrected chi connectivity index (χ4v) is 3.40. The van der Waals surface area contributed by atoms with E-state index in [9.17, 15) is 9.18 Å². The highest BCUT2D eigenvalue weighted by Crippen LogP contribution is 2.32. The minimum absolute atomic E-state index is 0.0333. The molecule has 4 rings (SSSR count). The van der Waals surface area contributed by atoms with Crippen molar-refractivity contribution in [1.29, 1.82) is 0 Å². The molecule has 1 aliphatic carbocycles. The SMILES string of the molecule is NCC(NC(=O)Cc1cn(-c2ccccc2)nc1-c1ccc(F)cc1)C1CC1. The third-order valence-corrected chi connectivity index (χ3v) is 5.07. The Morgan fingerprint density at radius 1 is 1.18 bits per heavy atom. The molecule has 2 aromatic carbocycles. The number of nitrogens with two attached hydrogens (primary N) is 1. The van der Waals surface area contributed by atoms with E-state index in [4.69, 9.17) is 5.73 Å². The van der Waals surface area contributed by atoms with Crippen LogP contribution in [0.1, 0.15) is 18.4 Å². The lowest BCUT2D eigenvalue weighted by Crippen LogP contribution is -2.42. The Morgan fingerprint density at radius 2 is 1.89 bits per heavy atom. The monoisotopic (exact) mass is 378 g/mol. The van der Waals surface area contributed by atoms with Gasteiger partial charge < -0.3 is 11.1 Å². The van der Waals surface area contributed by atoms with Crippen LogP contribution in [0.4, 0.5) is 4.39 Å². The van der Waals surface area contributed by atoms with Crippen molar-refractivity contribution >= 4 is 5.91 Å². The van der Waals surface area contributed by atoms with E-state index in [0.29, 0.717) is 18.2 Å². The van der Waals surface area contributed by atoms with Crippen LogP contribution in [0.5, 0.6) is 0 Å². The second kappa shape index (κ2) is 7.94. The van der Waals surface area contributed by atoms with Crippen LogP contribution in [-0.2, 0) is 11.2 Å². The topological polar surface area (TPSA) is 72.9 Å². The summed E-state index contributed by atoms with van der Waals surface area (Å²) in [6.45, 7) is 0.449. The molecule has 0 aliphatic heterocycles. The number of amides is 1. The van der Waals surface area contributed by atoms with Gasteiger partial charge in [0.1, 0.15) is 5.82 Å². The van der Waals surface area contributed by atoms with Gasteiger partial charge in [-0.1, -0.05) is 18.2 Å². The van der Waals surface area contributed by atoms with Gasteiger partial charge in [-0.2, -0.15) is 5.10 Å². The van der Waals surface area contributed by atoms with Crippen LogP contribution < -0.4 is 11.1 Å². The van der Waals surface area contributed by atoms with E-state index < -0.39 is 0 Å². The van der Waals surface area contributed by atoms with Crippen LogP contribution in [0.15, 0.2) is 60.8 Å². The van der Waals surface area contributed by atoms with Crippen molar-refractivity contribution in [2.45, 2.75) is 25.3 Å². The smallest absolute Gasteiger partial charge is 0.224 e. The first-order valence-electron chi connectivity index (χ1n) is 9.53. The second-order valence-corrected chi connectivity index (χ2v) is 7.21. The molecule has 144 valence electrons. The van der Waals surface area contributed by atoms with Crippen molar-refractivity contribution in [3.63, 3.8) is 0 Å². The Bertz CT molecular complexity index is 948. The van der Waals surface area contributed by atoms with Gasteiger partial charge in [-0.05, 0) is 55.2 Å². The van der Waals surface area contributed by atoms with Crippen molar-refractivity contribution in [3.05, 3.63) is 72.2 Å². The first kappa shape index (κ1) is 18.4. The van der Waals surface area contributed by atoms with Gasteiger partial charge in [-0.15, -0.1) is 0 Å². The standard InChI is InChI=1S/C22H23FN4O/c23-18-10-8-16(9-11-18)22-17(12-21(28)25-20(13-24)15-6-7-15)14-27(26-22)19-4-2-1-3-5-19/h1-5,8-11,14-15,20H,6-7,12-13,24H2,(H,25,28). The van der Waals surface area contributed by atoms with E-state index >= 15 is 0 Å². The molecule has 0 spiro atoms. The summed E-state index contributed by atoms with van der Waals surface area (Å²) in [6.07, 6.45) is 4.30. The molecule has 1 amide bonds. The number of hydrogen-bond acceptors (Lipinski definition) is 3. The summed E-state index contributed by atoms with van der Waals surface area (Å²) in [5.41, 5.74) is 8.94. The van der Waals surface area contributed by atoms with Crippen LogP contribution in [0, 0.1) is 11.7 Å². The van der Waals surface area contributed by atoms with E-state index in [2.05, 4.69) is 10.4 Å². The summed E-state index contributed by atoms with van der Waals surface area (Å²) in [6, 6.07) is 15.9. The zero-order valence-electron chi connectivity index (χ0n) is 15.5. The number of carbonyl (C=O) groups excluding carboxylic acids is 1. The lowest BCUT2D eigenvalue weighted by molar-refractivity contribution is -0.121. The van der Waals surface area contributed by atoms with Gasteiger partial charge in [0.25, 0.3) is 0 Å². The lowest BCUT2D eigenvalue weighted by Gasteiger charge is -2.15. The van der Waals surface area contributed by atoms with Crippen molar-refractivity contribution in [2.75, 3.05) is 6.54 Å². The number of benzene rings is 2. The maximum absolute atomic E-state index is 13.3. The molecule has 1 aliphatic rings. The summed E-state index contributed by atoms with van der Waals surface area (Å²) < 4.78 is 15.1. The molecule has 3 aromatic rings. The van der Waals surface area contributed by atoms with E-state index in [1.54, 1.807) is 16.8 Å². The van der Waals surface area contributed by atoms with E-state index in [0.717, 1.165) is 29.7 Å². The number of hydrogen-bond donors (Lipinski definition) is 2. The van der Waals surface area contributed by atoms with Crippen LogP contribution in [0.3, 0.4) is 0 Å². The van der Waals surface area contributed by atoms with E-state index in [1.807, 2.05) is 36.5 Å². The number of aromatic nitrogens is 2. The summed E-state index contributed by atoms with van der Waals surface area (Å²) in [5, 5.41) is 7.72. The molecule has 3 N–H and O–H groups in total. The Labute approximate surface area is 163 Å². The number of nitrogens with zero attached hydrogens (tertiary/aromatic N) is 2. The maximum Gasteiger partial charge on any atom is 0.224 e. The van der Waals surface area contributed by atoms with E-state index in [1.165, 1.54) is 12.1 Å². The minimum Gasteiger partial charge on any atom is -0.352 e. The first-order valence-corrected chi connectivity index (χ1v) is 9.53. The average Bonchev–Trinajstić information content (AvgIpc) is 3.48. The highest BCUT2D eigenvalue weighted by Gasteiger charge is 2.31. The molecular weight excluding hydrogens is 355 g/mol. The molecule has 5 nitrogen and oxygen atoms in total. The predicted molar refractivity (Wildman–Crippen MR) is 106 cm³/mol. The number of halogens is 1. The molecule has 1 aromatic heterocycles. The van der Waals surface area contributed by atoms with Crippen LogP contribution in [0.25, 0.3) is 16.9 Å². The molecule has 0 radical (unpaired) electrons. The summed E-state index contributed by atoms with van der Waals surface area (Å²) in [4.78, 5) is 12.6. The molecule has 6 heteroatoms. The van der Waals surface area contributed by atoms with Crippen LogP contribution in [-0.4, -0.2) is 28.3 Å². The van der Waals surface area contributed by atoms with Crippen molar-refractivity contribution < 1.29 is 9.18 Å². The highest BCUT2D eigenvalue weighted by molar-refractivity contribution is 5.81. The van der Waals surface area contributed by atoms with Gasteiger partial charge in [0.2, 0.25) is 5.91 Å². The Balaban J connectivity index is 1.63. The lowest BCUT2D eigenvalue weighted by atomic mass is 10.1. The number of carbonyl (C=O) groups is 1. The summed E-state index contributed by atoms with van der Waals surface area (Å²) >= 11 is 0. The minimum atomic E-state index is -0.305. The molecule has 0 saturated heterocycles. The fourth-order valence-electron chi connectivity index (χ4n) is 3.40. The normalized spacial score (nSPS) is 14.6.